The number of benzene rings is 3. The fourth-order valence-corrected chi connectivity index (χ4v) is 5.65. The van der Waals surface area contributed by atoms with E-state index in [1.165, 1.54) is 11.3 Å². The maximum atomic E-state index is 12.9. The topological polar surface area (TPSA) is 75.4 Å². The molecular formula is C31H27N3O3S. The van der Waals surface area contributed by atoms with Gasteiger partial charge in [-0.1, -0.05) is 24.3 Å². The second-order valence-corrected chi connectivity index (χ2v) is 10.7. The number of Topliss-reactive ketones (excluding diaryl/α,β-unsaturated/α-hetero) is 2. The van der Waals surface area contributed by atoms with Crippen molar-refractivity contribution >= 4 is 39.5 Å². The van der Waals surface area contributed by atoms with E-state index in [0.29, 0.717) is 24.9 Å². The Labute approximate surface area is 224 Å². The molecule has 1 unspecified atom stereocenters. The lowest BCUT2D eigenvalue weighted by molar-refractivity contribution is 0.0986. The van der Waals surface area contributed by atoms with Crippen LogP contribution in [-0.4, -0.2) is 45.6 Å². The van der Waals surface area contributed by atoms with Crippen LogP contribution in [0.5, 0.6) is 0 Å². The SMILES string of the molecule is O=C(Cc1ccc2c(cnn2-c2ccc(CC(=O)c3cccs3)cc2)c1)c1ccc(N2CCC(O)C2)cc1. The van der Waals surface area contributed by atoms with Gasteiger partial charge in [0, 0.05) is 42.6 Å². The van der Waals surface area contributed by atoms with Gasteiger partial charge >= 0.3 is 0 Å². The van der Waals surface area contributed by atoms with Crippen LogP contribution in [0.25, 0.3) is 16.6 Å². The Morgan fingerprint density at radius 2 is 1.63 bits per heavy atom. The third-order valence-corrected chi connectivity index (χ3v) is 7.97. The number of hydrogen-bond donors (Lipinski definition) is 1. The summed E-state index contributed by atoms with van der Waals surface area (Å²) in [5, 5.41) is 17.2. The zero-order valence-corrected chi connectivity index (χ0v) is 21.6. The predicted octanol–water partition coefficient (Wildman–Crippen LogP) is 5.51. The zero-order chi connectivity index (χ0) is 26.1. The van der Waals surface area contributed by atoms with E-state index < -0.39 is 0 Å². The van der Waals surface area contributed by atoms with Crippen LogP contribution in [-0.2, 0) is 12.8 Å². The van der Waals surface area contributed by atoms with E-state index in [-0.39, 0.29) is 17.7 Å². The van der Waals surface area contributed by atoms with Gasteiger partial charge in [0.05, 0.1) is 28.4 Å². The van der Waals surface area contributed by atoms with Crippen molar-refractivity contribution in [2.75, 3.05) is 18.0 Å². The first-order valence-electron chi connectivity index (χ1n) is 12.7. The Bertz CT molecular complexity index is 1590. The lowest BCUT2D eigenvalue weighted by Crippen LogP contribution is -2.21. The molecule has 5 aromatic rings. The smallest absolute Gasteiger partial charge is 0.177 e. The molecule has 1 aliphatic heterocycles. The number of anilines is 1. The number of aromatic nitrogens is 2. The molecule has 0 saturated carbocycles. The molecule has 0 bridgehead atoms. The van der Waals surface area contributed by atoms with Crippen molar-refractivity contribution in [2.45, 2.75) is 25.4 Å². The summed E-state index contributed by atoms with van der Waals surface area (Å²) in [6, 6.07) is 25.3. The van der Waals surface area contributed by atoms with Gasteiger partial charge in [0.2, 0.25) is 0 Å². The van der Waals surface area contributed by atoms with Crippen molar-refractivity contribution in [1.29, 1.82) is 0 Å². The summed E-state index contributed by atoms with van der Waals surface area (Å²) in [5.41, 5.74) is 5.50. The molecule has 1 fully saturated rings. The molecule has 0 spiro atoms. The first kappa shape index (κ1) is 24.3. The van der Waals surface area contributed by atoms with Crippen molar-refractivity contribution in [3.8, 4) is 5.69 Å². The first-order chi connectivity index (χ1) is 18.5. The van der Waals surface area contributed by atoms with Crippen LogP contribution in [0.2, 0.25) is 0 Å². The van der Waals surface area contributed by atoms with Crippen LogP contribution < -0.4 is 4.90 Å². The highest BCUT2D eigenvalue weighted by Crippen LogP contribution is 2.24. The molecule has 2 aromatic heterocycles. The quantitative estimate of drug-likeness (QED) is 0.273. The minimum absolute atomic E-state index is 0.0671. The van der Waals surface area contributed by atoms with Crippen LogP contribution in [0.1, 0.15) is 37.6 Å². The molecule has 6 rings (SSSR count). The van der Waals surface area contributed by atoms with Crippen molar-refractivity contribution in [2.24, 2.45) is 0 Å². The van der Waals surface area contributed by atoms with Crippen LogP contribution in [0, 0.1) is 0 Å². The minimum Gasteiger partial charge on any atom is -0.391 e. The number of ketones is 2. The highest BCUT2D eigenvalue weighted by atomic mass is 32.1. The highest BCUT2D eigenvalue weighted by Gasteiger charge is 2.20. The van der Waals surface area contributed by atoms with Gasteiger partial charge in [-0.05, 0) is 77.5 Å². The van der Waals surface area contributed by atoms with E-state index in [4.69, 9.17) is 0 Å². The van der Waals surface area contributed by atoms with Gasteiger partial charge in [0.1, 0.15) is 0 Å². The largest absolute Gasteiger partial charge is 0.391 e. The third kappa shape index (κ3) is 5.03. The van der Waals surface area contributed by atoms with Gasteiger partial charge in [0.15, 0.2) is 11.6 Å². The van der Waals surface area contributed by atoms with E-state index in [1.54, 1.807) is 0 Å². The van der Waals surface area contributed by atoms with Gasteiger partial charge in [-0.15, -0.1) is 11.3 Å². The Kier molecular flexibility index (Phi) is 6.62. The monoisotopic (exact) mass is 521 g/mol. The number of hydrogen-bond acceptors (Lipinski definition) is 6. The second kappa shape index (κ2) is 10.4. The summed E-state index contributed by atoms with van der Waals surface area (Å²) in [7, 11) is 0. The van der Waals surface area contributed by atoms with E-state index in [9.17, 15) is 14.7 Å². The number of β-amino-alcohol motifs (C(OH)–C–C–N with tert-alkyl or cyclic N) is 1. The number of aliphatic hydroxyl groups is 1. The van der Waals surface area contributed by atoms with E-state index in [2.05, 4.69) is 10.00 Å². The molecule has 190 valence electrons. The molecule has 0 aliphatic carbocycles. The fraction of sp³-hybridized carbons (Fsp3) is 0.194. The average Bonchev–Trinajstić information content (AvgIpc) is 3.70. The zero-order valence-electron chi connectivity index (χ0n) is 20.8. The van der Waals surface area contributed by atoms with Crippen molar-refractivity contribution in [1.82, 2.24) is 9.78 Å². The normalized spacial score (nSPS) is 15.3. The number of carbonyl (C=O) groups is 2. The Hall–Kier alpha value is -4.07. The summed E-state index contributed by atoms with van der Waals surface area (Å²) in [4.78, 5) is 28.3. The first-order valence-corrected chi connectivity index (χ1v) is 13.6. The van der Waals surface area contributed by atoms with Crippen molar-refractivity contribution in [3.05, 3.63) is 112 Å². The molecule has 1 N–H and O–H groups in total. The summed E-state index contributed by atoms with van der Waals surface area (Å²) in [6.07, 6.45) is 3.01. The number of fused-ring (bicyclic) bond motifs is 1. The summed E-state index contributed by atoms with van der Waals surface area (Å²) >= 11 is 1.47. The molecule has 6 nitrogen and oxygen atoms in total. The van der Waals surface area contributed by atoms with Crippen molar-refractivity contribution < 1.29 is 14.7 Å². The molecule has 3 aromatic carbocycles. The lowest BCUT2D eigenvalue weighted by atomic mass is 10.0. The van der Waals surface area contributed by atoms with Crippen LogP contribution >= 0.6 is 11.3 Å². The second-order valence-electron chi connectivity index (χ2n) is 9.73. The standard InChI is InChI=1S/C31H27N3O3S/c35-27-13-14-33(20-27)25-10-6-23(7-11-25)29(36)18-22-5-12-28-24(16-22)19-32-34(28)26-8-3-21(4-9-26)17-30(37)31-2-1-15-38-31/h1-12,15-16,19,27,35H,13-14,17-18,20H2. The van der Waals surface area contributed by atoms with Crippen LogP contribution in [0.15, 0.2) is 90.4 Å². The van der Waals surface area contributed by atoms with Crippen LogP contribution in [0.4, 0.5) is 5.69 Å². The highest BCUT2D eigenvalue weighted by molar-refractivity contribution is 7.12. The Balaban J connectivity index is 1.13. The molecule has 0 amide bonds. The van der Waals surface area contributed by atoms with Gasteiger partial charge in [-0.25, -0.2) is 4.68 Å². The minimum atomic E-state index is -0.276. The van der Waals surface area contributed by atoms with Crippen molar-refractivity contribution in [3.63, 3.8) is 0 Å². The number of thiophene rings is 1. The molecule has 1 aliphatic rings. The maximum Gasteiger partial charge on any atom is 0.177 e. The number of carbonyl (C=O) groups excluding carboxylic acids is 2. The van der Waals surface area contributed by atoms with E-state index >= 15 is 0 Å². The number of rotatable bonds is 8. The lowest BCUT2D eigenvalue weighted by Gasteiger charge is -2.17. The number of aliphatic hydroxyl groups excluding tert-OH is 1. The molecule has 1 saturated heterocycles. The average molecular weight is 522 g/mol. The molecule has 1 atom stereocenters. The van der Waals surface area contributed by atoms with Gasteiger partial charge in [0.25, 0.3) is 0 Å². The van der Waals surface area contributed by atoms with Crippen LogP contribution in [0.3, 0.4) is 0 Å². The van der Waals surface area contributed by atoms with Gasteiger partial charge < -0.3 is 10.0 Å². The van der Waals surface area contributed by atoms with Gasteiger partial charge in [-0.3, -0.25) is 9.59 Å². The fourth-order valence-electron chi connectivity index (χ4n) is 4.98. The Morgan fingerprint density at radius 3 is 2.34 bits per heavy atom. The maximum absolute atomic E-state index is 12.9. The summed E-state index contributed by atoms with van der Waals surface area (Å²) in [6.45, 7) is 1.47. The molecule has 38 heavy (non-hydrogen) atoms. The summed E-state index contributed by atoms with van der Waals surface area (Å²) in [5.74, 6) is 0.194. The molecule has 3 heterocycles. The third-order valence-electron chi connectivity index (χ3n) is 7.06. The molecular weight excluding hydrogens is 494 g/mol. The summed E-state index contributed by atoms with van der Waals surface area (Å²) < 4.78 is 1.87. The Morgan fingerprint density at radius 1 is 0.895 bits per heavy atom. The van der Waals surface area contributed by atoms with Gasteiger partial charge in [-0.2, -0.15) is 5.10 Å². The number of nitrogens with zero attached hydrogens (tertiary/aromatic N) is 3. The van der Waals surface area contributed by atoms with E-state index in [0.717, 1.165) is 51.2 Å². The predicted molar refractivity (Wildman–Crippen MR) is 151 cm³/mol. The molecule has 0 radical (unpaired) electrons. The van der Waals surface area contributed by atoms with E-state index in [1.807, 2.05) is 95.1 Å². The molecule has 7 heteroatoms.